The normalized spacial score (nSPS) is 16.6. The molecule has 0 radical (unpaired) electrons. The molecule has 0 aliphatic carbocycles. The first kappa shape index (κ1) is 18.4. The summed E-state index contributed by atoms with van der Waals surface area (Å²) < 4.78 is 5.46. The van der Waals surface area contributed by atoms with Gasteiger partial charge in [0.1, 0.15) is 0 Å². The highest BCUT2D eigenvalue weighted by Crippen LogP contribution is 2.27. The average molecular weight is 379 g/mol. The number of nitrogens with one attached hydrogen (secondary N) is 1. The van der Waals surface area contributed by atoms with E-state index in [0.29, 0.717) is 26.2 Å². The van der Waals surface area contributed by atoms with E-state index in [1.54, 1.807) is 11.3 Å². The lowest BCUT2D eigenvalue weighted by molar-refractivity contribution is -0.120. The molecule has 0 bridgehead atoms. The highest BCUT2D eigenvalue weighted by Gasteiger charge is 2.24. The number of ether oxygens (including phenoxy) is 1. The van der Waals surface area contributed by atoms with Gasteiger partial charge in [-0.2, -0.15) is 0 Å². The van der Waals surface area contributed by atoms with E-state index in [0.717, 1.165) is 28.6 Å². The van der Waals surface area contributed by atoms with E-state index in [9.17, 15) is 4.79 Å². The van der Waals surface area contributed by atoms with Crippen molar-refractivity contribution in [2.75, 3.05) is 32.8 Å². The molecule has 1 aromatic heterocycles. The molecule has 1 unspecified atom stereocenters. The number of halogens is 1. The van der Waals surface area contributed by atoms with Gasteiger partial charge in [0.15, 0.2) is 0 Å². The zero-order valence-electron chi connectivity index (χ0n) is 14.3. The summed E-state index contributed by atoms with van der Waals surface area (Å²) in [4.78, 5) is 17.0. The topological polar surface area (TPSA) is 41.6 Å². The van der Waals surface area contributed by atoms with E-state index >= 15 is 0 Å². The molecule has 0 spiro atoms. The van der Waals surface area contributed by atoms with Gasteiger partial charge in [0.25, 0.3) is 0 Å². The Balaban J connectivity index is 1.67. The lowest BCUT2D eigenvalue weighted by atomic mass is 10.0. The van der Waals surface area contributed by atoms with Crippen LogP contribution in [0.15, 0.2) is 36.4 Å². The van der Waals surface area contributed by atoms with Crippen molar-refractivity contribution in [2.45, 2.75) is 19.4 Å². The third-order valence-corrected chi connectivity index (χ3v) is 5.72. The minimum Gasteiger partial charge on any atom is -0.379 e. The molecule has 25 heavy (non-hydrogen) atoms. The van der Waals surface area contributed by atoms with Crippen molar-refractivity contribution in [3.63, 3.8) is 0 Å². The Bertz CT molecular complexity index is 713. The first-order chi connectivity index (χ1) is 12.1. The highest BCUT2D eigenvalue weighted by atomic mass is 35.5. The molecule has 1 N–H and O–H groups in total. The fraction of sp³-hybridized carbons (Fsp3) is 0.421. The zero-order chi connectivity index (χ0) is 17.6. The maximum atomic E-state index is 12.3. The van der Waals surface area contributed by atoms with Crippen molar-refractivity contribution < 1.29 is 9.53 Å². The molecule has 134 valence electrons. The number of aryl methyl sites for hydroxylation is 1. The molecular weight excluding hydrogens is 356 g/mol. The Morgan fingerprint density at radius 1 is 1.28 bits per heavy atom. The van der Waals surface area contributed by atoms with Gasteiger partial charge in [0.2, 0.25) is 5.91 Å². The monoisotopic (exact) mass is 378 g/mol. The van der Waals surface area contributed by atoms with Crippen molar-refractivity contribution >= 4 is 28.8 Å². The number of carbonyl (C=O) groups excluding carboxylic acids is 1. The van der Waals surface area contributed by atoms with Crippen LogP contribution in [0.5, 0.6) is 0 Å². The van der Waals surface area contributed by atoms with Crippen LogP contribution in [0.2, 0.25) is 5.02 Å². The Kier molecular flexibility index (Phi) is 6.48. The summed E-state index contributed by atoms with van der Waals surface area (Å²) in [5, 5.41) is 3.83. The molecule has 1 saturated heterocycles. The van der Waals surface area contributed by atoms with Crippen molar-refractivity contribution in [3.8, 4) is 0 Å². The van der Waals surface area contributed by atoms with Crippen LogP contribution in [0, 0.1) is 6.92 Å². The Labute approximate surface area is 157 Å². The van der Waals surface area contributed by atoms with E-state index < -0.39 is 0 Å². The fourth-order valence-corrected chi connectivity index (χ4v) is 4.23. The molecule has 2 aromatic rings. The van der Waals surface area contributed by atoms with Crippen molar-refractivity contribution in [1.82, 2.24) is 10.2 Å². The van der Waals surface area contributed by atoms with Gasteiger partial charge in [-0.15, -0.1) is 11.3 Å². The van der Waals surface area contributed by atoms with Gasteiger partial charge in [-0.3, -0.25) is 9.69 Å². The van der Waals surface area contributed by atoms with Gasteiger partial charge in [-0.1, -0.05) is 29.8 Å². The van der Waals surface area contributed by atoms with Gasteiger partial charge in [0, 0.05) is 34.4 Å². The van der Waals surface area contributed by atoms with Gasteiger partial charge in [-0.05, 0) is 30.7 Å². The Morgan fingerprint density at radius 3 is 2.72 bits per heavy atom. The molecule has 1 aliphatic rings. The van der Waals surface area contributed by atoms with Crippen LogP contribution in [-0.4, -0.2) is 43.7 Å². The third-order valence-electron chi connectivity index (χ3n) is 4.37. The van der Waals surface area contributed by atoms with Crippen LogP contribution in [0.3, 0.4) is 0 Å². The number of hydrogen-bond acceptors (Lipinski definition) is 4. The molecule has 0 saturated carbocycles. The van der Waals surface area contributed by atoms with E-state index in [1.807, 2.05) is 36.4 Å². The summed E-state index contributed by atoms with van der Waals surface area (Å²) >= 11 is 8.09. The van der Waals surface area contributed by atoms with Crippen LogP contribution >= 0.6 is 22.9 Å². The lowest BCUT2D eigenvalue weighted by Crippen LogP contribution is -2.44. The molecule has 1 aromatic carbocycles. The third kappa shape index (κ3) is 5.05. The summed E-state index contributed by atoms with van der Waals surface area (Å²) in [7, 11) is 0. The Morgan fingerprint density at radius 2 is 2.04 bits per heavy atom. The zero-order valence-corrected chi connectivity index (χ0v) is 15.9. The van der Waals surface area contributed by atoms with Crippen LogP contribution < -0.4 is 5.32 Å². The van der Waals surface area contributed by atoms with Crippen molar-refractivity contribution in [1.29, 1.82) is 0 Å². The number of nitrogens with zero attached hydrogens (tertiary/aromatic N) is 1. The largest absolute Gasteiger partial charge is 0.379 e. The summed E-state index contributed by atoms with van der Waals surface area (Å²) in [6.07, 6.45) is 0.427. The number of thiophene rings is 1. The molecule has 4 nitrogen and oxygen atoms in total. The maximum Gasteiger partial charge on any atom is 0.225 e. The average Bonchev–Trinajstić information content (AvgIpc) is 3.02. The highest BCUT2D eigenvalue weighted by molar-refractivity contribution is 7.12. The van der Waals surface area contributed by atoms with Crippen LogP contribution in [-0.2, 0) is 16.0 Å². The summed E-state index contributed by atoms with van der Waals surface area (Å²) in [6, 6.07) is 12.0. The number of hydrogen-bond donors (Lipinski definition) is 1. The predicted molar refractivity (Wildman–Crippen MR) is 102 cm³/mol. The van der Waals surface area contributed by atoms with E-state index in [-0.39, 0.29) is 11.9 Å². The van der Waals surface area contributed by atoms with Gasteiger partial charge < -0.3 is 10.1 Å². The van der Waals surface area contributed by atoms with Crippen LogP contribution in [0.1, 0.15) is 21.4 Å². The molecule has 6 heteroatoms. The Hall–Kier alpha value is -1.40. The predicted octanol–water partition coefficient (Wildman–Crippen LogP) is 3.44. The first-order valence-corrected chi connectivity index (χ1v) is 9.71. The SMILES string of the molecule is Cc1ccc(CC(=O)NCC(c2ccccc2Cl)N2CCOCC2)s1. The quantitative estimate of drug-likeness (QED) is 0.837. The smallest absolute Gasteiger partial charge is 0.225 e. The molecule has 1 atom stereocenters. The molecular formula is C19H23ClN2O2S. The minimum absolute atomic E-state index is 0.0483. The standard InChI is InChI=1S/C19H23ClN2O2S/c1-14-6-7-15(25-14)12-19(23)21-13-18(22-8-10-24-11-9-22)16-4-2-3-5-17(16)20/h2-7,18H,8-13H2,1H3,(H,21,23). The number of amides is 1. The number of benzene rings is 1. The lowest BCUT2D eigenvalue weighted by Gasteiger charge is -2.35. The fourth-order valence-electron chi connectivity index (χ4n) is 3.08. The molecule has 1 aliphatic heterocycles. The van der Waals surface area contributed by atoms with Crippen molar-refractivity contribution in [2.24, 2.45) is 0 Å². The number of morpholine rings is 1. The second kappa shape index (κ2) is 8.81. The molecule has 1 fully saturated rings. The second-order valence-electron chi connectivity index (χ2n) is 6.18. The van der Waals surface area contributed by atoms with Crippen LogP contribution in [0.4, 0.5) is 0 Å². The molecule has 3 rings (SSSR count). The van der Waals surface area contributed by atoms with Gasteiger partial charge >= 0.3 is 0 Å². The van der Waals surface area contributed by atoms with Crippen LogP contribution in [0.25, 0.3) is 0 Å². The van der Waals surface area contributed by atoms with E-state index in [4.69, 9.17) is 16.3 Å². The second-order valence-corrected chi connectivity index (χ2v) is 7.96. The van der Waals surface area contributed by atoms with E-state index in [1.165, 1.54) is 4.88 Å². The summed E-state index contributed by atoms with van der Waals surface area (Å²) in [6.45, 7) is 5.71. The first-order valence-electron chi connectivity index (χ1n) is 8.51. The van der Waals surface area contributed by atoms with Gasteiger partial charge in [0.05, 0.1) is 25.7 Å². The van der Waals surface area contributed by atoms with Gasteiger partial charge in [-0.25, -0.2) is 0 Å². The summed E-state index contributed by atoms with van der Waals surface area (Å²) in [5.74, 6) is 0.0483. The van der Waals surface area contributed by atoms with Crippen molar-refractivity contribution in [3.05, 3.63) is 56.7 Å². The van der Waals surface area contributed by atoms with E-state index in [2.05, 4.69) is 17.1 Å². The number of carbonyl (C=O) groups is 1. The molecule has 2 heterocycles. The minimum atomic E-state index is 0.0483. The number of rotatable bonds is 6. The molecule has 1 amide bonds. The maximum absolute atomic E-state index is 12.3. The summed E-state index contributed by atoms with van der Waals surface area (Å²) in [5.41, 5.74) is 1.05.